The van der Waals surface area contributed by atoms with Crippen LogP contribution in [0.1, 0.15) is 30.0 Å². The first-order valence-electron chi connectivity index (χ1n) is 6.19. The van der Waals surface area contributed by atoms with Gasteiger partial charge >= 0.3 is 0 Å². The molecule has 0 saturated carbocycles. The van der Waals surface area contributed by atoms with Crippen LogP contribution in [0.25, 0.3) is 0 Å². The van der Waals surface area contributed by atoms with Gasteiger partial charge in [0.15, 0.2) is 0 Å². The Balaban J connectivity index is 1.92. The summed E-state index contributed by atoms with van der Waals surface area (Å²) in [6.45, 7) is 2.15. The van der Waals surface area contributed by atoms with Crippen LogP contribution in [0.15, 0.2) is 18.2 Å². The van der Waals surface area contributed by atoms with E-state index in [0.717, 1.165) is 6.42 Å². The lowest BCUT2D eigenvalue weighted by Crippen LogP contribution is -2.27. The predicted octanol–water partition coefficient (Wildman–Crippen LogP) is 1.66. The average Bonchev–Trinajstić information content (AvgIpc) is 2.76. The first-order valence-corrected chi connectivity index (χ1v) is 7.84. The molecule has 1 aliphatic rings. The molecule has 17 heavy (non-hydrogen) atoms. The van der Waals surface area contributed by atoms with Crippen LogP contribution in [-0.4, -0.2) is 20.7 Å². The van der Waals surface area contributed by atoms with Crippen molar-refractivity contribution in [2.75, 3.05) is 12.3 Å². The number of fused-ring (bicyclic) bond motifs is 1. The van der Waals surface area contributed by atoms with Crippen molar-refractivity contribution in [1.82, 2.24) is 4.72 Å². The van der Waals surface area contributed by atoms with Crippen molar-refractivity contribution < 1.29 is 8.42 Å². The number of hydrogen-bond acceptors (Lipinski definition) is 2. The third-order valence-corrected chi connectivity index (χ3v) is 4.68. The highest BCUT2D eigenvalue weighted by atomic mass is 32.2. The average molecular weight is 253 g/mol. The monoisotopic (exact) mass is 253 g/mol. The van der Waals surface area contributed by atoms with Gasteiger partial charge in [-0.3, -0.25) is 0 Å². The molecule has 0 spiro atoms. The van der Waals surface area contributed by atoms with Crippen LogP contribution in [0.2, 0.25) is 0 Å². The predicted molar refractivity (Wildman–Crippen MR) is 69.6 cm³/mol. The molecule has 0 aromatic heterocycles. The van der Waals surface area contributed by atoms with Gasteiger partial charge in [0.2, 0.25) is 10.0 Å². The first kappa shape index (κ1) is 12.6. The van der Waals surface area contributed by atoms with Crippen molar-refractivity contribution in [3.05, 3.63) is 34.9 Å². The molecule has 1 aromatic carbocycles. The smallest absolute Gasteiger partial charge is 0.211 e. The van der Waals surface area contributed by atoms with Crippen molar-refractivity contribution >= 4 is 10.0 Å². The van der Waals surface area contributed by atoms with Crippen molar-refractivity contribution in [2.24, 2.45) is 0 Å². The molecule has 1 aliphatic carbocycles. The van der Waals surface area contributed by atoms with Gasteiger partial charge in [-0.15, -0.1) is 0 Å². The zero-order chi connectivity index (χ0) is 12.3. The lowest BCUT2D eigenvalue weighted by molar-refractivity contribution is 0.583. The Morgan fingerprint density at radius 1 is 1.24 bits per heavy atom. The van der Waals surface area contributed by atoms with Crippen LogP contribution in [0.3, 0.4) is 0 Å². The van der Waals surface area contributed by atoms with Crippen LogP contribution in [0, 0.1) is 0 Å². The van der Waals surface area contributed by atoms with Gasteiger partial charge in [0.1, 0.15) is 0 Å². The maximum Gasteiger partial charge on any atom is 0.211 e. The van der Waals surface area contributed by atoms with E-state index in [4.69, 9.17) is 0 Å². The fourth-order valence-electron chi connectivity index (χ4n) is 2.23. The summed E-state index contributed by atoms with van der Waals surface area (Å²) in [6, 6.07) is 6.53. The molecule has 3 nitrogen and oxygen atoms in total. The zero-order valence-corrected chi connectivity index (χ0v) is 11.0. The van der Waals surface area contributed by atoms with E-state index in [1.54, 1.807) is 6.92 Å². The van der Waals surface area contributed by atoms with Crippen molar-refractivity contribution in [1.29, 1.82) is 0 Å². The third-order valence-electron chi connectivity index (χ3n) is 3.28. The highest BCUT2D eigenvalue weighted by Gasteiger charge is 2.11. The lowest BCUT2D eigenvalue weighted by atomic mass is 10.0. The summed E-state index contributed by atoms with van der Waals surface area (Å²) < 4.78 is 25.1. The number of nitrogens with one attached hydrogen (secondary N) is 1. The van der Waals surface area contributed by atoms with Gasteiger partial charge < -0.3 is 0 Å². The number of benzene rings is 1. The molecule has 1 N–H and O–H groups in total. The number of sulfonamides is 1. The van der Waals surface area contributed by atoms with Crippen LogP contribution in [0.4, 0.5) is 0 Å². The summed E-state index contributed by atoms with van der Waals surface area (Å²) in [4.78, 5) is 0. The molecule has 94 valence electrons. The van der Waals surface area contributed by atoms with E-state index in [0.29, 0.717) is 6.54 Å². The molecule has 2 rings (SSSR count). The molecule has 0 unspecified atom stereocenters. The van der Waals surface area contributed by atoms with Crippen molar-refractivity contribution in [3.63, 3.8) is 0 Å². The minimum absolute atomic E-state index is 0.150. The number of rotatable bonds is 5. The second-order valence-electron chi connectivity index (χ2n) is 4.50. The zero-order valence-electron chi connectivity index (χ0n) is 10.2. The quantitative estimate of drug-likeness (QED) is 0.867. The molecule has 0 radical (unpaired) electrons. The highest BCUT2D eigenvalue weighted by Crippen LogP contribution is 2.22. The summed E-state index contributed by atoms with van der Waals surface area (Å²) in [5.74, 6) is 0.150. The molecule has 0 heterocycles. The molecule has 0 bridgehead atoms. The summed E-state index contributed by atoms with van der Waals surface area (Å²) in [5, 5.41) is 0. The number of hydrogen-bond donors (Lipinski definition) is 1. The SMILES string of the molecule is CCS(=O)(=O)NCCc1ccc2c(c1)CCC2. The molecule has 0 atom stereocenters. The molecule has 0 aliphatic heterocycles. The Kier molecular flexibility index (Phi) is 3.84. The molecular formula is C13H19NO2S. The van der Waals surface area contributed by atoms with Gasteiger partial charge in [0.25, 0.3) is 0 Å². The Hall–Kier alpha value is -0.870. The minimum Gasteiger partial charge on any atom is -0.215 e. The van der Waals surface area contributed by atoms with E-state index < -0.39 is 10.0 Å². The Bertz CT molecular complexity index is 494. The third kappa shape index (κ3) is 3.30. The molecule has 0 saturated heterocycles. The van der Waals surface area contributed by atoms with Crippen molar-refractivity contribution in [2.45, 2.75) is 32.6 Å². The molecular weight excluding hydrogens is 234 g/mol. The maximum atomic E-state index is 11.3. The Morgan fingerprint density at radius 2 is 2.00 bits per heavy atom. The highest BCUT2D eigenvalue weighted by molar-refractivity contribution is 7.89. The largest absolute Gasteiger partial charge is 0.215 e. The van der Waals surface area contributed by atoms with Gasteiger partial charge in [-0.2, -0.15) is 0 Å². The molecule has 0 amide bonds. The number of aryl methyl sites for hydroxylation is 2. The first-order chi connectivity index (χ1) is 8.11. The van der Waals surface area contributed by atoms with E-state index in [1.807, 2.05) is 0 Å². The maximum absolute atomic E-state index is 11.3. The van der Waals surface area contributed by atoms with Crippen LogP contribution < -0.4 is 4.72 Å². The summed E-state index contributed by atoms with van der Waals surface area (Å²) >= 11 is 0. The second-order valence-corrected chi connectivity index (χ2v) is 6.60. The van der Waals surface area contributed by atoms with E-state index >= 15 is 0 Å². The van der Waals surface area contributed by atoms with Crippen LogP contribution in [0.5, 0.6) is 0 Å². The van der Waals surface area contributed by atoms with E-state index in [1.165, 1.54) is 36.0 Å². The van der Waals surface area contributed by atoms with Crippen LogP contribution >= 0.6 is 0 Å². The van der Waals surface area contributed by atoms with E-state index in [9.17, 15) is 8.42 Å². The van der Waals surface area contributed by atoms with Gasteiger partial charge in [0.05, 0.1) is 5.75 Å². The fraction of sp³-hybridized carbons (Fsp3) is 0.538. The summed E-state index contributed by atoms with van der Waals surface area (Å²) in [7, 11) is -3.05. The molecule has 1 aromatic rings. The van der Waals surface area contributed by atoms with E-state index in [2.05, 4.69) is 22.9 Å². The van der Waals surface area contributed by atoms with Gasteiger partial charge in [-0.25, -0.2) is 13.1 Å². The fourth-order valence-corrected chi connectivity index (χ4v) is 2.85. The summed E-state index contributed by atoms with van der Waals surface area (Å²) in [5.41, 5.74) is 4.13. The standard InChI is InChI=1S/C13H19NO2S/c1-2-17(15,16)14-9-8-11-6-7-12-4-3-5-13(12)10-11/h6-7,10,14H,2-5,8-9H2,1H3. The lowest BCUT2D eigenvalue weighted by Gasteiger charge is -2.06. The second kappa shape index (κ2) is 5.19. The van der Waals surface area contributed by atoms with E-state index in [-0.39, 0.29) is 5.75 Å². The molecule has 0 fully saturated rings. The topological polar surface area (TPSA) is 46.2 Å². The van der Waals surface area contributed by atoms with Gasteiger partial charge in [0, 0.05) is 6.54 Å². The van der Waals surface area contributed by atoms with Crippen molar-refractivity contribution in [3.8, 4) is 0 Å². The molecule has 4 heteroatoms. The van der Waals surface area contributed by atoms with Crippen LogP contribution in [-0.2, 0) is 29.3 Å². The normalized spacial score (nSPS) is 14.9. The Labute approximate surface area is 103 Å². The summed E-state index contributed by atoms with van der Waals surface area (Å²) in [6.07, 6.45) is 4.38. The minimum atomic E-state index is -3.05. The Morgan fingerprint density at radius 3 is 2.76 bits per heavy atom. The van der Waals surface area contributed by atoms with Gasteiger partial charge in [-0.05, 0) is 49.3 Å². The van der Waals surface area contributed by atoms with Gasteiger partial charge in [-0.1, -0.05) is 18.2 Å².